The van der Waals surface area contributed by atoms with Crippen molar-refractivity contribution in [1.29, 1.82) is 0 Å². The van der Waals surface area contributed by atoms with E-state index in [0.29, 0.717) is 51.3 Å². The van der Waals surface area contributed by atoms with E-state index in [9.17, 15) is 41.1 Å². The smallest absolute Gasteiger partial charge is 0.490 e. The van der Waals surface area contributed by atoms with Gasteiger partial charge in [0.15, 0.2) is 23.9 Å². The third kappa shape index (κ3) is 12.9. The van der Waals surface area contributed by atoms with Gasteiger partial charge in [0, 0.05) is 30.0 Å². The molecule has 3 aliphatic heterocycles. The molecule has 4 fully saturated rings. The number of benzene rings is 2. The standard InChI is InChI=1S/C39H38Cl2F3N3O7S.C2HF3O2/c40-29-18-47(50)19-30(41)28(29)16-32(24-6-8-31(54-39(43)44)33(15-24)51-21-22-4-5-22)52-37(48)35-9-7-27(55-35)17-45-36(25-2-1-3-26(42)14-25)38(49)53-34-20-46-12-10-23(34)11-13-46;3-2(4,5)1(6)7/h1-3,6-9,14-15,18-19,22-23,32,34,36,39,45H,4-5,10-13,16-17,20-21H2;(H,6,7)/t32-,34-,36?;/m0./s1. The monoisotopic (exact) mass is 933 g/mol. The molecule has 2 bridgehead atoms. The number of nitrogens with one attached hydrogen (secondary N) is 1. The summed E-state index contributed by atoms with van der Waals surface area (Å²) in [5.41, 5.74) is 1.12. The van der Waals surface area contributed by atoms with Gasteiger partial charge in [0.2, 0.25) is 0 Å². The van der Waals surface area contributed by atoms with Crippen molar-refractivity contribution in [2.75, 3.05) is 26.2 Å². The van der Waals surface area contributed by atoms with Gasteiger partial charge in [-0.05, 0) is 98.1 Å². The normalized spacial score (nSPS) is 19.2. The Morgan fingerprint density at radius 3 is 2.26 bits per heavy atom. The van der Waals surface area contributed by atoms with Crippen molar-refractivity contribution in [3.63, 3.8) is 0 Å². The van der Waals surface area contributed by atoms with Gasteiger partial charge in [0.1, 0.15) is 39.0 Å². The minimum Gasteiger partial charge on any atom is -0.619 e. The first kappa shape index (κ1) is 46.7. The topological polar surface area (TPSA) is 151 Å². The number of esters is 2. The Morgan fingerprint density at radius 1 is 0.968 bits per heavy atom. The summed E-state index contributed by atoms with van der Waals surface area (Å²) in [6.07, 6.45) is -0.364. The highest BCUT2D eigenvalue weighted by Gasteiger charge is 2.39. The van der Waals surface area contributed by atoms with E-state index in [1.165, 1.54) is 36.4 Å². The molecule has 8 rings (SSSR count). The molecule has 12 nitrogen and oxygen atoms in total. The number of aliphatic carboxylic acids is 1. The van der Waals surface area contributed by atoms with Gasteiger partial charge in [-0.25, -0.2) is 18.8 Å². The lowest BCUT2D eigenvalue weighted by molar-refractivity contribution is -0.605. The molecular weight excluding hydrogens is 895 g/mol. The van der Waals surface area contributed by atoms with Crippen molar-refractivity contribution in [2.45, 2.75) is 69.7 Å². The van der Waals surface area contributed by atoms with Gasteiger partial charge in [-0.1, -0.05) is 41.4 Å². The molecular formula is C41H39Cl2F6N3O9S. The van der Waals surface area contributed by atoms with Gasteiger partial charge in [-0.2, -0.15) is 26.7 Å². The van der Waals surface area contributed by atoms with Crippen LogP contribution in [0.3, 0.4) is 0 Å². The molecule has 0 amide bonds. The van der Waals surface area contributed by atoms with Crippen LogP contribution in [0.5, 0.6) is 11.5 Å². The number of nitrogens with zero attached hydrogens (tertiary/aromatic N) is 2. The number of thiophene rings is 1. The molecule has 4 aromatic rings. The summed E-state index contributed by atoms with van der Waals surface area (Å²) < 4.78 is 95.6. The molecule has 2 N–H and O–H groups in total. The summed E-state index contributed by atoms with van der Waals surface area (Å²) in [4.78, 5) is 39.4. The van der Waals surface area contributed by atoms with E-state index in [-0.39, 0.29) is 45.5 Å². The van der Waals surface area contributed by atoms with Gasteiger partial charge >= 0.3 is 30.7 Å². The van der Waals surface area contributed by atoms with Crippen LogP contribution in [0.25, 0.3) is 0 Å². The highest BCUT2D eigenvalue weighted by molar-refractivity contribution is 7.13. The molecule has 0 spiro atoms. The lowest BCUT2D eigenvalue weighted by atomic mass is 9.86. The number of carboxylic acid groups (broad SMARTS) is 1. The number of carboxylic acids is 1. The van der Waals surface area contributed by atoms with Crippen molar-refractivity contribution < 1.29 is 69.5 Å². The zero-order chi connectivity index (χ0) is 44.7. The number of piperidine rings is 3. The average Bonchev–Trinajstić information content (AvgIpc) is 3.92. The molecule has 21 heteroatoms. The molecule has 2 aromatic carbocycles. The number of hydrogen-bond donors (Lipinski definition) is 2. The summed E-state index contributed by atoms with van der Waals surface area (Å²) in [6, 6.07) is 12.4. The number of hydrogen-bond acceptors (Lipinski definition) is 11. The Kier molecular flexibility index (Phi) is 15.5. The summed E-state index contributed by atoms with van der Waals surface area (Å²) >= 11 is 13.9. The van der Waals surface area contributed by atoms with Crippen LogP contribution in [0.15, 0.2) is 67.0 Å². The predicted molar refractivity (Wildman–Crippen MR) is 212 cm³/mol. The molecule has 2 aromatic heterocycles. The second kappa shape index (κ2) is 20.6. The van der Waals surface area contributed by atoms with Crippen molar-refractivity contribution in [3.8, 4) is 11.5 Å². The number of ether oxygens (including phenoxy) is 4. The molecule has 1 aliphatic carbocycles. The fraction of sp³-hybridized carbons (Fsp3) is 0.415. The van der Waals surface area contributed by atoms with E-state index in [1.807, 2.05) is 0 Å². The van der Waals surface area contributed by atoms with Crippen LogP contribution in [0.1, 0.15) is 69.1 Å². The Bertz CT molecular complexity index is 2200. The fourth-order valence-electron chi connectivity index (χ4n) is 6.92. The summed E-state index contributed by atoms with van der Waals surface area (Å²) in [7, 11) is 0. The minimum atomic E-state index is -5.08. The lowest BCUT2D eigenvalue weighted by Crippen LogP contribution is -2.52. The summed E-state index contributed by atoms with van der Waals surface area (Å²) in [5.74, 6) is -3.98. The molecule has 1 saturated carbocycles. The fourth-order valence-corrected chi connectivity index (χ4v) is 8.36. The quantitative estimate of drug-likeness (QED) is 0.0482. The van der Waals surface area contributed by atoms with Gasteiger partial charge in [0.25, 0.3) is 0 Å². The molecule has 3 atom stereocenters. The Hall–Kier alpha value is -4.82. The first-order valence-corrected chi connectivity index (χ1v) is 20.8. The number of carbonyl (C=O) groups is 3. The molecule has 4 aliphatic rings. The Balaban J connectivity index is 0.000000845. The predicted octanol–water partition coefficient (Wildman–Crippen LogP) is 8.46. The van der Waals surface area contributed by atoms with Crippen LogP contribution in [0.2, 0.25) is 10.0 Å². The first-order chi connectivity index (χ1) is 29.4. The van der Waals surface area contributed by atoms with Gasteiger partial charge in [-0.3, -0.25) is 10.2 Å². The van der Waals surface area contributed by atoms with E-state index < -0.39 is 48.7 Å². The van der Waals surface area contributed by atoms with Crippen LogP contribution < -0.4 is 19.5 Å². The SMILES string of the molecule is O=C(O)C(F)(F)F.O=C(O[C@@H](Cc1c(Cl)c[n+]([O-])cc1Cl)c1ccc(OC(F)F)c(OCC2CC2)c1)c1ccc(CNC(C(=O)O[C@H]2CN3CCC2CC3)c2cccc(F)c2)s1. The highest BCUT2D eigenvalue weighted by Crippen LogP contribution is 2.39. The third-order valence-electron chi connectivity index (χ3n) is 10.3. The molecule has 5 heterocycles. The number of pyridine rings is 1. The highest BCUT2D eigenvalue weighted by atomic mass is 35.5. The van der Waals surface area contributed by atoms with Crippen molar-refractivity contribution in [3.05, 3.63) is 115 Å². The number of alkyl halides is 5. The zero-order valence-electron chi connectivity index (χ0n) is 32.4. The average molecular weight is 935 g/mol. The Morgan fingerprint density at radius 2 is 1.66 bits per heavy atom. The maximum atomic E-state index is 14.3. The first-order valence-electron chi connectivity index (χ1n) is 19.2. The van der Waals surface area contributed by atoms with E-state index in [2.05, 4.69) is 10.2 Å². The van der Waals surface area contributed by atoms with Crippen molar-refractivity contribution in [2.24, 2.45) is 11.8 Å². The lowest BCUT2D eigenvalue weighted by Gasteiger charge is -2.44. The maximum Gasteiger partial charge on any atom is 0.490 e. The van der Waals surface area contributed by atoms with Crippen LogP contribution in [0, 0.1) is 22.9 Å². The molecule has 62 heavy (non-hydrogen) atoms. The summed E-state index contributed by atoms with van der Waals surface area (Å²) in [5, 5.41) is 22.4. The number of fused-ring (bicyclic) bond motifs is 3. The zero-order valence-corrected chi connectivity index (χ0v) is 34.8. The second-order valence-corrected chi connectivity index (χ2v) is 16.8. The van der Waals surface area contributed by atoms with E-state index >= 15 is 0 Å². The van der Waals surface area contributed by atoms with Gasteiger partial charge in [-0.15, -0.1) is 11.3 Å². The molecule has 0 radical (unpaired) electrons. The van der Waals surface area contributed by atoms with Gasteiger partial charge < -0.3 is 29.3 Å². The summed E-state index contributed by atoms with van der Waals surface area (Å²) in [6.45, 7) is 0.00883. The number of halogens is 8. The van der Waals surface area contributed by atoms with Crippen molar-refractivity contribution >= 4 is 52.4 Å². The van der Waals surface area contributed by atoms with Crippen LogP contribution in [0.4, 0.5) is 26.3 Å². The molecule has 1 unspecified atom stereocenters. The van der Waals surface area contributed by atoms with Crippen LogP contribution >= 0.6 is 34.5 Å². The maximum absolute atomic E-state index is 14.3. The van der Waals surface area contributed by atoms with E-state index in [4.69, 9.17) is 52.1 Å². The molecule has 334 valence electrons. The Labute approximate surface area is 364 Å². The molecule has 3 saturated heterocycles. The van der Waals surface area contributed by atoms with Crippen LogP contribution in [-0.2, 0) is 32.0 Å². The van der Waals surface area contributed by atoms with Gasteiger partial charge in [0.05, 0.1) is 6.61 Å². The largest absolute Gasteiger partial charge is 0.619 e. The minimum absolute atomic E-state index is 0.0378. The number of aromatic nitrogens is 1. The third-order valence-corrected chi connectivity index (χ3v) is 12.0. The van der Waals surface area contributed by atoms with Crippen molar-refractivity contribution in [1.82, 2.24) is 10.2 Å². The number of carbonyl (C=O) groups excluding carboxylic acids is 2. The number of rotatable bonds is 16. The van der Waals surface area contributed by atoms with E-state index in [0.717, 1.165) is 62.5 Å². The van der Waals surface area contributed by atoms with Crippen LogP contribution in [-0.4, -0.2) is 73.0 Å². The second-order valence-electron chi connectivity index (χ2n) is 14.8. The van der Waals surface area contributed by atoms with E-state index in [1.54, 1.807) is 18.2 Å².